The predicted molar refractivity (Wildman–Crippen MR) is 100 cm³/mol. The molecule has 26 heavy (non-hydrogen) atoms. The number of aromatic nitrogens is 4. The largest absolute Gasteiger partial charge is 0.497 e. The number of ether oxygens (including phenoxy) is 2. The molecule has 0 bridgehead atoms. The predicted octanol–water partition coefficient (Wildman–Crippen LogP) is 3.57. The van der Waals surface area contributed by atoms with Gasteiger partial charge in [0.15, 0.2) is 0 Å². The summed E-state index contributed by atoms with van der Waals surface area (Å²) in [6.45, 7) is 0. The Morgan fingerprint density at radius 2 is 1.88 bits per heavy atom. The van der Waals surface area contributed by atoms with E-state index in [0.717, 1.165) is 32.8 Å². The summed E-state index contributed by atoms with van der Waals surface area (Å²) in [6.07, 6.45) is 0.655. The van der Waals surface area contributed by atoms with E-state index in [1.165, 1.54) is 0 Å². The van der Waals surface area contributed by atoms with Gasteiger partial charge in [0.2, 0.25) is 0 Å². The first kappa shape index (κ1) is 16.7. The highest BCUT2D eigenvalue weighted by Gasteiger charge is 2.29. The van der Waals surface area contributed by atoms with E-state index in [2.05, 4.69) is 36.4 Å². The minimum absolute atomic E-state index is 0.114. The SMILES string of the molecule is COc1ccc(C2CC(c3ccc(Br)cc3)=Nc3nnnn32)c(OC)c1. The minimum Gasteiger partial charge on any atom is -0.497 e. The van der Waals surface area contributed by atoms with Gasteiger partial charge in [-0.2, -0.15) is 0 Å². The molecule has 2 heterocycles. The number of methoxy groups -OCH3 is 2. The first-order valence-corrected chi connectivity index (χ1v) is 8.82. The molecule has 132 valence electrons. The first-order chi connectivity index (χ1) is 12.7. The number of hydrogen-bond donors (Lipinski definition) is 0. The zero-order valence-electron chi connectivity index (χ0n) is 14.3. The average molecular weight is 414 g/mol. The van der Waals surface area contributed by atoms with E-state index < -0.39 is 0 Å². The van der Waals surface area contributed by atoms with Crippen LogP contribution < -0.4 is 9.47 Å². The third-order valence-corrected chi connectivity index (χ3v) is 4.90. The maximum atomic E-state index is 5.58. The standard InChI is InChI=1S/C18H16BrN5O2/c1-25-13-7-8-14(17(9-13)26-2)16-10-15(11-3-5-12(19)6-4-11)20-18-21-22-23-24(16)18/h3-9,16H,10H2,1-2H3. The first-order valence-electron chi connectivity index (χ1n) is 8.03. The van der Waals surface area contributed by atoms with Gasteiger partial charge in [-0.1, -0.05) is 33.2 Å². The summed E-state index contributed by atoms with van der Waals surface area (Å²) >= 11 is 3.47. The number of tetrazole rings is 1. The Labute approximate surface area is 158 Å². The molecule has 4 rings (SSSR count). The summed E-state index contributed by atoms with van der Waals surface area (Å²) in [5.74, 6) is 1.95. The fourth-order valence-electron chi connectivity index (χ4n) is 3.06. The fourth-order valence-corrected chi connectivity index (χ4v) is 3.32. The third-order valence-electron chi connectivity index (χ3n) is 4.37. The van der Waals surface area contributed by atoms with E-state index in [4.69, 9.17) is 9.47 Å². The van der Waals surface area contributed by atoms with Gasteiger partial charge >= 0.3 is 0 Å². The number of benzene rings is 2. The Kier molecular flexibility index (Phi) is 4.42. The summed E-state index contributed by atoms with van der Waals surface area (Å²) in [5, 5.41) is 12.0. The Balaban J connectivity index is 1.79. The maximum absolute atomic E-state index is 5.58. The molecule has 0 saturated heterocycles. The second-order valence-electron chi connectivity index (χ2n) is 5.82. The zero-order valence-corrected chi connectivity index (χ0v) is 15.8. The number of hydrogen-bond acceptors (Lipinski definition) is 6. The van der Waals surface area contributed by atoms with Crippen LogP contribution in [0.4, 0.5) is 5.95 Å². The normalized spacial score (nSPS) is 16.0. The van der Waals surface area contributed by atoms with Gasteiger partial charge < -0.3 is 9.47 Å². The molecule has 0 amide bonds. The van der Waals surface area contributed by atoms with Crippen LogP contribution in [0.15, 0.2) is 51.9 Å². The molecule has 1 unspecified atom stereocenters. The number of rotatable bonds is 4. The van der Waals surface area contributed by atoms with E-state index in [1.54, 1.807) is 18.9 Å². The quantitative estimate of drug-likeness (QED) is 0.653. The van der Waals surface area contributed by atoms with Gasteiger partial charge in [-0.15, -0.1) is 0 Å². The Hall–Kier alpha value is -2.74. The van der Waals surface area contributed by atoms with E-state index in [1.807, 2.05) is 42.5 Å². The van der Waals surface area contributed by atoms with Crippen LogP contribution in [0.3, 0.4) is 0 Å². The Bertz CT molecular complexity index is 968. The number of halogens is 1. The van der Waals surface area contributed by atoms with Crippen LogP contribution in [0, 0.1) is 0 Å². The second-order valence-corrected chi connectivity index (χ2v) is 6.73. The van der Waals surface area contributed by atoms with Crippen molar-refractivity contribution in [2.45, 2.75) is 12.5 Å². The maximum Gasteiger partial charge on any atom is 0.269 e. The lowest BCUT2D eigenvalue weighted by Crippen LogP contribution is -2.22. The van der Waals surface area contributed by atoms with Crippen molar-refractivity contribution >= 4 is 27.6 Å². The summed E-state index contributed by atoms with van der Waals surface area (Å²) < 4.78 is 13.6. The van der Waals surface area contributed by atoms with Crippen molar-refractivity contribution < 1.29 is 9.47 Å². The van der Waals surface area contributed by atoms with E-state index >= 15 is 0 Å². The summed E-state index contributed by atoms with van der Waals surface area (Å²) in [5.41, 5.74) is 2.95. The monoisotopic (exact) mass is 413 g/mol. The van der Waals surface area contributed by atoms with Gasteiger partial charge in [-0.3, -0.25) is 0 Å². The third kappa shape index (κ3) is 2.96. The smallest absolute Gasteiger partial charge is 0.269 e. The molecule has 0 spiro atoms. The molecule has 3 aromatic rings. The van der Waals surface area contributed by atoms with Crippen LogP contribution >= 0.6 is 15.9 Å². The topological polar surface area (TPSA) is 74.4 Å². The van der Waals surface area contributed by atoms with Crippen LogP contribution in [-0.4, -0.2) is 40.1 Å². The van der Waals surface area contributed by atoms with Crippen LogP contribution in [0.1, 0.15) is 23.6 Å². The highest BCUT2D eigenvalue weighted by atomic mass is 79.9. The number of aliphatic imine (C=N–C) groups is 1. The second kappa shape index (κ2) is 6.87. The molecule has 0 fully saturated rings. The molecule has 0 aliphatic carbocycles. The Morgan fingerprint density at radius 3 is 2.62 bits per heavy atom. The lowest BCUT2D eigenvalue weighted by Gasteiger charge is -2.24. The van der Waals surface area contributed by atoms with E-state index in [9.17, 15) is 0 Å². The highest BCUT2D eigenvalue weighted by molar-refractivity contribution is 9.10. The van der Waals surface area contributed by atoms with Crippen molar-refractivity contribution in [3.05, 3.63) is 58.1 Å². The molecule has 2 aromatic carbocycles. The van der Waals surface area contributed by atoms with Gasteiger partial charge in [-0.25, -0.2) is 9.67 Å². The van der Waals surface area contributed by atoms with Gasteiger partial charge in [0.05, 0.1) is 26.0 Å². The van der Waals surface area contributed by atoms with Crippen LogP contribution in [-0.2, 0) is 0 Å². The van der Waals surface area contributed by atoms with Crippen molar-refractivity contribution in [2.75, 3.05) is 14.2 Å². The lowest BCUT2D eigenvalue weighted by atomic mass is 9.95. The van der Waals surface area contributed by atoms with Crippen molar-refractivity contribution in [3.8, 4) is 11.5 Å². The molecule has 1 atom stereocenters. The van der Waals surface area contributed by atoms with Crippen molar-refractivity contribution in [2.24, 2.45) is 4.99 Å². The molecule has 8 heteroatoms. The highest BCUT2D eigenvalue weighted by Crippen LogP contribution is 2.37. The molecule has 1 aliphatic rings. The van der Waals surface area contributed by atoms with Crippen molar-refractivity contribution in [1.82, 2.24) is 20.2 Å². The van der Waals surface area contributed by atoms with Crippen molar-refractivity contribution in [1.29, 1.82) is 0 Å². The molecule has 0 radical (unpaired) electrons. The van der Waals surface area contributed by atoms with Gasteiger partial charge in [0.1, 0.15) is 11.5 Å². The summed E-state index contributed by atoms with van der Waals surface area (Å²) in [7, 11) is 3.28. The molecule has 1 aromatic heterocycles. The molecule has 0 saturated carbocycles. The van der Waals surface area contributed by atoms with E-state index in [0.29, 0.717) is 12.4 Å². The van der Waals surface area contributed by atoms with Gasteiger partial charge in [-0.05, 0) is 40.3 Å². The van der Waals surface area contributed by atoms with Crippen LogP contribution in [0.2, 0.25) is 0 Å². The van der Waals surface area contributed by atoms with Gasteiger partial charge in [0, 0.05) is 22.5 Å². The van der Waals surface area contributed by atoms with E-state index in [-0.39, 0.29) is 6.04 Å². The zero-order chi connectivity index (χ0) is 18.1. The summed E-state index contributed by atoms with van der Waals surface area (Å²) in [6, 6.07) is 13.7. The number of fused-ring (bicyclic) bond motifs is 1. The lowest BCUT2D eigenvalue weighted by molar-refractivity contribution is 0.382. The van der Waals surface area contributed by atoms with Crippen LogP contribution in [0.25, 0.3) is 0 Å². The van der Waals surface area contributed by atoms with Crippen LogP contribution in [0.5, 0.6) is 11.5 Å². The fraction of sp³-hybridized carbons (Fsp3) is 0.222. The number of nitrogens with zero attached hydrogens (tertiary/aromatic N) is 5. The molecule has 1 aliphatic heterocycles. The molecule has 0 N–H and O–H groups in total. The van der Waals surface area contributed by atoms with Gasteiger partial charge in [0.25, 0.3) is 5.95 Å². The molecular formula is C18H16BrN5O2. The van der Waals surface area contributed by atoms with Crippen molar-refractivity contribution in [3.63, 3.8) is 0 Å². The average Bonchev–Trinajstić information content (AvgIpc) is 3.16. The molecular weight excluding hydrogens is 398 g/mol. The molecule has 7 nitrogen and oxygen atoms in total. The minimum atomic E-state index is -0.114. The Morgan fingerprint density at radius 1 is 1.08 bits per heavy atom. The summed E-state index contributed by atoms with van der Waals surface area (Å²) in [4.78, 5) is 4.63.